The highest BCUT2D eigenvalue weighted by molar-refractivity contribution is 7.47. The van der Waals surface area contributed by atoms with Crippen LogP contribution in [0.1, 0.15) is 357 Å². The van der Waals surface area contributed by atoms with E-state index < -0.39 is 97.5 Å². The third-order valence-corrected chi connectivity index (χ3v) is 19.2. The molecule has 0 aliphatic carbocycles. The lowest BCUT2D eigenvalue weighted by Gasteiger charge is -2.21. The summed E-state index contributed by atoms with van der Waals surface area (Å²) in [5, 5.41) is 10.6. The average molecular weight is 1340 g/mol. The number of carbonyl (C=O) groups excluding carboxylic acids is 4. The van der Waals surface area contributed by atoms with Gasteiger partial charge in [0.25, 0.3) is 0 Å². The molecule has 0 aromatic rings. The number of phosphoric ester groups is 2. The van der Waals surface area contributed by atoms with Crippen LogP contribution >= 0.6 is 15.6 Å². The Bertz CT molecular complexity index is 1800. The molecule has 7 atom stereocenters. The molecular weight excluding hydrogens is 1200 g/mol. The first kappa shape index (κ1) is 89.1. The quantitative estimate of drug-likeness (QED) is 0.0222. The van der Waals surface area contributed by atoms with E-state index in [9.17, 15) is 43.2 Å². The van der Waals surface area contributed by atoms with Crippen LogP contribution in [0.2, 0.25) is 0 Å². The summed E-state index contributed by atoms with van der Waals surface area (Å²) in [6.07, 6.45) is 44.5. The van der Waals surface area contributed by atoms with Crippen LogP contribution in [0.4, 0.5) is 0 Å². The van der Waals surface area contributed by atoms with E-state index in [1.165, 1.54) is 154 Å². The van der Waals surface area contributed by atoms with Crippen LogP contribution in [0, 0.1) is 23.7 Å². The fraction of sp³-hybridized carbons (Fsp3) is 0.944. The van der Waals surface area contributed by atoms with Crippen molar-refractivity contribution in [2.75, 3.05) is 39.6 Å². The fourth-order valence-electron chi connectivity index (χ4n) is 10.8. The Morgan fingerprint density at radius 3 is 0.780 bits per heavy atom. The first-order chi connectivity index (χ1) is 43.7. The zero-order valence-electron chi connectivity index (χ0n) is 59.5. The summed E-state index contributed by atoms with van der Waals surface area (Å²) in [6, 6.07) is 0. The predicted octanol–water partition coefficient (Wildman–Crippen LogP) is 20.5. The van der Waals surface area contributed by atoms with E-state index in [2.05, 4.69) is 55.4 Å². The van der Waals surface area contributed by atoms with Gasteiger partial charge in [0.2, 0.25) is 0 Å². The third-order valence-electron chi connectivity index (χ3n) is 17.3. The van der Waals surface area contributed by atoms with E-state index in [1.54, 1.807) is 0 Å². The fourth-order valence-corrected chi connectivity index (χ4v) is 12.4. The maximum absolute atomic E-state index is 13.0. The van der Waals surface area contributed by atoms with Gasteiger partial charge in [-0.25, -0.2) is 9.13 Å². The van der Waals surface area contributed by atoms with E-state index in [-0.39, 0.29) is 25.7 Å². The number of hydrogen-bond donors (Lipinski definition) is 3. The maximum Gasteiger partial charge on any atom is 0.472 e. The minimum absolute atomic E-state index is 0.104. The normalized spacial score (nSPS) is 14.8. The van der Waals surface area contributed by atoms with Crippen molar-refractivity contribution in [1.29, 1.82) is 0 Å². The number of phosphoric acid groups is 2. The molecular formula is C72H140O17P2. The third kappa shape index (κ3) is 63.9. The number of carbonyl (C=O) groups is 4. The highest BCUT2D eigenvalue weighted by Gasteiger charge is 2.30. The van der Waals surface area contributed by atoms with Crippen molar-refractivity contribution in [1.82, 2.24) is 0 Å². The number of hydrogen-bond acceptors (Lipinski definition) is 15. The Morgan fingerprint density at radius 2 is 0.527 bits per heavy atom. The summed E-state index contributed by atoms with van der Waals surface area (Å²) in [5.74, 6) is 0.905. The molecule has 0 bridgehead atoms. The monoisotopic (exact) mass is 1340 g/mol. The van der Waals surface area contributed by atoms with Gasteiger partial charge >= 0.3 is 39.5 Å². The van der Waals surface area contributed by atoms with E-state index >= 15 is 0 Å². The van der Waals surface area contributed by atoms with Crippen molar-refractivity contribution in [2.45, 2.75) is 375 Å². The van der Waals surface area contributed by atoms with E-state index in [1.807, 2.05) is 0 Å². The van der Waals surface area contributed by atoms with Crippen molar-refractivity contribution in [3.05, 3.63) is 0 Å². The summed E-state index contributed by atoms with van der Waals surface area (Å²) < 4.78 is 68.3. The molecule has 91 heavy (non-hydrogen) atoms. The number of ether oxygens (including phenoxy) is 4. The lowest BCUT2D eigenvalue weighted by Crippen LogP contribution is -2.30. The largest absolute Gasteiger partial charge is 0.472 e. The van der Waals surface area contributed by atoms with Gasteiger partial charge in [-0.3, -0.25) is 37.3 Å². The molecule has 0 heterocycles. The Morgan fingerprint density at radius 1 is 0.308 bits per heavy atom. The number of aliphatic hydroxyl groups excluding tert-OH is 1. The van der Waals surface area contributed by atoms with Gasteiger partial charge in [-0.15, -0.1) is 0 Å². The van der Waals surface area contributed by atoms with Gasteiger partial charge in [0.1, 0.15) is 19.3 Å². The summed E-state index contributed by atoms with van der Waals surface area (Å²) in [5.41, 5.74) is 0. The standard InChI is InChI=1S/C72H140O17P2/c1-9-64(7)50-42-34-25-19-15-13-11-12-14-16-20-27-36-44-52-69(74)82-58-67(89-72(77)55-47-39-29-23-22-26-35-43-51-65(8)10-2)60-86-90(78,79)84-56-66(73)57-85-91(80,81)87-61-68(59-83-70(75)53-45-37-31-30-33-41-49-63(5)6)88-71(76)54-46-38-28-21-17-18-24-32-40-48-62(3)4/h62-68,73H,9-61H2,1-8H3,(H,78,79)(H,80,81)/t64?,65?,66-,67-,68-/m1/s1. The number of aliphatic hydroxyl groups is 1. The highest BCUT2D eigenvalue weighted by Crippen LogP contribution is 2.45. The van der Waals surface area contributed by atoms with Crippen molar-refractivity contribution >= 4 is 39.5 Å². The van der Waals surface area contributed by atoms with E-state index in [0.717, 1.165) is 114 Å². The van der Waals surface area contributed by atoms with Crippen molar-refractivity contribution < 1.29 is 80.2 Å². The molecule has 540 valence electrons. The summed E-state index contributed by atoms with van der Waals surface area (Å²) in [6.45, 7) is 14.1. The molecule has 19 heteroatoms. The van der Waals surface area contributed by atoms with E-state index in [4.69, 9.17) is 37.0 Å². The lowest BCUT2D eigenvalue weighted by molar-refractivity contribution is -0.161. The molecule has 0 amide bonds. The molecule has 4 unspecified atom stereocenters. The van der Waals surface area contributed by atoms with Gasteiger partial charge in [0.15, 0.2) is 12.2 Å². The second-order valence-corrected chi connectivity index (χ2v) is 30.3. The molecule has 0 fully saturated rings. The molecule has 0 aromatic carbocycles. The van der Waals surface area contributed by atoms with Crippen LogP contribution in [0.5, 0.6) is 0 Å². The zero-order chi connectivity index (χ0) is 67.5. The SMILES string of the molecule is CCC(C)CCCCCCCCCCCCCCCCC(=O)OC[C@H](COP(=O)(O)OC[C@@H](O)COP(=O)(O)OC[C@@H](COC(=O)CCCCCCCCC(C)C)OC(=O)CCCCCCCCCCCC(C)C)OC(=O)CCCCCCCCCCC(C)CC. The molecule has 0 spiro atoms. The highest BCUT2D eigenvalue weighted by atomic mass is 31.2. The molecule has 17 nitrogen and oxygen atoms in total. The first-order valence-corrected chi connectivity index (χ1v) is 40.3. The summed E-state index contributed by atoms with van der Waals surface area (Å²) in [4.78, 5) is 72.6. The number of rotatable bonds is 69. The number of esters is 4. The summed E-state index contributed by atoms with van der Waals surface area (Å²) >= 11 is 0. The predicted molar refractivity (Wildman–Crippen MR) is 367 cm³/mol. The molecule has 0 aromatic heterocycles. The molecule has 0 saturated carbocycles. The summed E-state index contributed by atoms with van der Waals surface area (Å²) in [7, 11) is -9.90. The van der Waals surface area contributed by atoms with Crippen molar-refractivity contribution in [3.8, 4) is 0 Å². The molecule has 0 rings (SSSR count). The van der Waals surface area contributed by atoms with Crippen LogP contribution in [-0.4, -0.2) is 96.7 Å². The molecule has 0 aliphatic heterocycles. The minimum atomic E-state index is -4.95. The van der Waals surface area contributed by atoms with Crippen LogP contribution < -0.4 is 0 Å². The Kier molecular flexibility index (Phi) is 60.3. The van der Waals surface area contributed by atoms with Gasteiger partial charge < -0.3 is 33.8 Å². The van der Waals surface area contributed by atoms with Gasteiger partial charge in [0, 0.05) is 25.7 Å². The Hall–Kier alpha value is -1.94. The second kappa shape index (κ2) is 61.6. The molecule has 0 saturated heterocycles. The van der Waals surface area contributed by atoms with Gasteiger partial charge in [-0.05, 0) is 49.4 Å². The van der Waals surface area contributed by atoms with Gasteiger partial charge in [-0.1, -0.05) is 306 Å². The van der Waals surface area contributed by atoms with Crippen LogP contribution in [0.25, 0.3) is 0 Å². The van der Waals surface area contributed by atoms with Crippen LogP contribution in [0.3, 0.4) is 0 Å². The van der Waals surface area contributed by atoms with Crippen molar-refractivity contribution in [2.24, 2.45) is 23.7 Å². The number of unbranched alkanes of at least 4 members (excludes halogenated alkanes) is 33. The lowest BCUT2D eigenvalue weighted by atomic mass is 9.99. The molecule has 3 N–H and O–H groups in total. The minimum Gasteiger partial charge on any atom is -0.462 e. The Labute approximate surface area is 556 Å². The Balaban J connectivity index is 5.22. The van der Waals surface area contributed by atoms with Crippen LogP contribution in [-0.2, 0) is 65.4 Å². The zero-order valence-corrected chi connectivity index (χ0v) is 61.3. The average Bonchev–Trinajstić information content (AvgIpc) is 3.50. The first-order valence-electron chi connectivity index (χ1n) is 37.3. The van der Waals surface area contributed by atoms with Gasteiger partial charge in [-0.2, -0.15) is 0 Å². The molecule has 0 aliphatic rings. The maximum atomic E-state index is 13.0. The van der Waals surface area contributed by atoms with Gasteiger partial charge in [0.05, 0.1) is 26.4 Å². The smallest absolute Gasteiger partial charge is 0.462 e. The van der Waals surface area contributed by atoms with Crippen LogP contribution in [0.15, 0.2) is 0 Å². The topological polar surface area (TPSA) is 237 Å². The van der Waals surface area contributed by atoms with Crippen molar-refractivity contribution in [3.63, 3.8) is 0 Å². The molecule has 0 radical (unpaired) electrons. The second-order valence-electron chi connectivity index (χ2n) is 27.4. The van der Waals surface area contributed by atoms with E-state index in [0.29, 0.717) is 31.6 Å².